The molecular formula is C13H20N2O3S. The molecule has 0 aromatic carbocycles. The van der Waals surface area contributed by atoms with Gasteiger partial charge in [-0.05, 0) is 30.9 Å². The molecule has 106 valence electrons. The van der Waals surface area contributed by atoms with Gasteiger partial charge in [0.2, 0.25) is 0 Å². The van der Waals surface area contributed by atoms with Gasteiger partial charge in [0.1, 0.15) is 0 Å². The van der Waals surface area contributed by atoms with Gasteiger partial charge in [-0.1, -0.05) is 6.92 Å². The van der Waals surface area contributed by atoms with Crippen molar-refractivity contribution in [3.05, 3.63) is 21.9 Å². The first-order chi connectivity index (χ1) is 8.95. The Hall–Kier alpha value is -1.56. The van der Waals surface area contributed by atoms with Gasteiger partial charge in [0.15, 0.2) is 0 Å². The van der Waals surface area contributed by atoms with Crippen molar-refractivity contribution in [1.29, 1.82) is 0 Å². The van der Waals surface area contributed by atoms with E-state index in [-0.39, 0.29) is 12.6 Å². The first-order valence-corrected chi connectivity index (χ1v) is 7.12. The van der Waals surface area contributed by atoms with E-state index in [2.05, 4.69) is 5.32 Å². The Morgan fingerprint density at radius 1 is 1.53 bits per heavy atom. The van der Waals surface area contributed by atoms with E-state index in [0.717, 1.165) is 10.4 Å². The monoisotopic (exact) mass is 284 g/mol. The molecular weight excluding hydrogens is 264 g/mol. The van der Waals surface area contributed by atoms with Crippen LogP contribution in [-0.2, 0) is 11.3 Å². The number of carbonyl (C=O) groups excluding carboxylic acids is 1. The minimum Gasteiger partial charge on any atom is -0.481 e. The van der Waals surface area contributed by atoms with Crippen molar-refractivity contribution in [2.45, 2.75) is 27.3 Å². The lowest BCUT2D eigenvalue weighted by molar-refractivity contribution is -0.141. The van der Waals surface area contributed by atoms with E-state index in [1.165, 1.54) is 4.90 Å². The fourth-order valence-corrected chi connectivity index (χ4v) is 2.46. The predicted octanol–water partition coefficient (Wildman–Crippen LogP) is 2.31. The van der Waals surface area contributed by atoms with Crippen LogP contribution in [0.2, 0.25) is 0 Å². The van der Waals surface area contributed by atoms with Crippen LogP contribution in [0, 0.1) is 12.8 Å². The molecule has 1 atom stereocenters. The molecule has 6 heteroatoms. The summed E-state index contributed by atoms with van der Waals surface area (Å²) in [5.74, 6) is -1.45. The van der Waals surface area contributed by atoms with Crippen molar-refractivity contribution >= 4 is 23.3 Å². The number of thiophene rings is 1. The highest BCUT2D eigenvalue weighted by Gasteiger charge is 2.19. The van der Waals surface area contributed by atoms with Gasteiger partial charge in [-0.25, -0.2) is 4.79 Å². The Labute approximate surface area is 117 Å². The van der Waals surface area contributed by atoms with Crippen LogP contribution >= 0.6 is 11.3 Å². The van der Waals surface area contributed by atoms with E-state index in [1.54, 1.807) is 18.3 Å². The second kappa shape index (κ2) is 7.13. The normalized spacial score (nSPS) is 11.9. The molecule has 0 saturated heterocycles. The standard InChI is InChI=1S/C13H20N2O3S/c1-4-15(8-10(3)12(16)17)13(18)14-7-11-9(2)5-6-19-11/h5-6,10H,4,7-8H2,1-3H3,(H,14,18)(H,16,17). The lowest BCUT2D eigenvalue weighted by Gasteiger charge is -2.23. The number of urea groups is 1. The molecule has 0 saturated carbocycles. The van der Waals surface area contributed by atoms with Gasteiger partial charge >= 0.3 is 12.0 Å². The van der Waals surface area contributed by atoms with Crippen molar-refractivity contribution in [1.82, 2.24) is 10.2 Å². The molecule has 0 aliphatic carbocycles. The molecule has 0 aliphatic rings. The Bertz CT molecular complexity index is 445. The fraction of sp³-hybridized carbons (Fsp3) is 0.538. The smallest absolute Gasteiger partial charge is 0.317 e. The summed E-state index contributed by atoms with van der Waals surface area (Å²) in [6, 6.07) is 1.79. The number of aliphatic carboxylic acids is 1. The fourth-order valence-electron chi connectivity index (χ4n) is 1.62. The summed E-state index contributed by atoms with van der Waals surface area (Å²) in [4.78, 5) is 25.4. The Morgan fingerprint density at radius 2 is 2.21 bits per heavy atom. The molecule has 19 heavy (non-hydrogen) atoms. The average molecular weight is 284 g/mol. The van der Waals surface area contributed by atoms with Crippen molar-refractivity contribution in [3.63, 3.8) is 0 Å². The van der Waals surface area contributed by atoms with Crippen molar-refractivity contribution in [3.8, 4) is 0 Å². The van der Waals surface area contributed by atoms with E-state index in [4.69, 9.17) is 5.11 Å². The van der Waals surface area contributed by atoms with Crippen molar-refractivity contribution < 1.29 is 14.7 Å². The maximum atomic E-state index is 12.0. The maximum absolute atomic E-state index is 12.0. The number of carboxylic acids is 1. The van der Waals surface area contributed by atoms with Gasteiger partial charge < -0.3 is 15.3 Å². The van der Waals surface area contributed by atoms with Crippen LogP contribution < -0.4 is 5.32 Å². The highest BCUT2D eigenvalue weighted by Crippen LogP contribution is 2.15. The van der Waals surface area contributed by atoms with Gasteiger partial charge in [-0.2, -0.15) is 0 Å². The van der Waals surface area contributed by atoms with E-state index in [9.17, 15) is 9.59 Å². The summed E-state index contributed by atoms with van der Waals surface area (Å²) in [6.45, 7) is 6.64. The summed E-state index contributed by atoms with van der Waals surface area (Å²) >= 11 is 1.60. The first kappa shape index (κ1) is 15.5. The number of amides is 2. The van der Waals surface area contributed by atoms with Crippen LogP contribution in [0.5, 0.6) is 0 Å². The lowest BCUT2D eigenvalue weighted by atomic mass is 10.2. The van der Waals surface area contributed by atoms with E-state index in [1.807, 2.05) is 25.3 Å². The van der Waals surface area contributed by atoms with Gasteiger partial charge in [0.05, 0.1) is 12.5 Å². The number of nitrogens with one attached hydrogen (secondary N) is 1. The summed E-state index contributed by atoms with van der Waals surface area (Å²) in [5, 5.41) is 13.7. The molecule has 1 unspecified atom stereocenters. The second-order valence-corrected chi connectivity index (χ2v) is 5.46. The van der Waals surface area contributed by atoms with Crippen LogP contribution in [-0.4, -0.2) is 35.1 Å². The van der Waals surface area contributed by atoms with Crippen LogP contribution in [0.4, 0.5) is 4.79 Å². The lowest BCUT2D eigenvalue weighted by Crippen LogP contribution is -2.42. The number of carbonyl (C=O) groups is 2. The summed E-state index contributed by atoms with van der Waals surface area (Å²) < 4.78 is 0. The second-order valence-electron chi connectivity index (χ2n) is 4.46. The number of nitrogens with zero attached hydrogens (tertiary/aromatic N) is 1. The number of hydrogen-bond acceptors (Lipinski definition) is 3. The van der Waals surface area contributed by atoms with Crippen molar-refractivity contribution in [2.24, 2.45) is 5.92 Å². The van der Waals surface area contributed by atoms with Crippen molar-refractivity contribution in [2.75, 3.05) is 13.1 Å². The highest BCUT2D eigenvalue weighted by atomic mass is 32.1. The Kier molecular flexibility index (Phi) is 5.82. The van der Waals surface area contributed by atoms with Crippen LogP contribution in [0.3, 0.4) is 0 Å². The first-order valence-electron chi connectivity index (χ1n) is 6.24. The number of rotatable bonds is 6. The molecule has 2 N–H and O–H groups in total. The molecule has 1 aromatic rings. The Morgan fingerprint density at radius 3 is 2.68 bits per heavy atom. The molecule has 0 bridgehead atoms. The molecule has 0 aliphatic heterocycles. The Balaban J connectivity index is 2.50. The third-order valence-corrected chi connectivity index (χ3v) is 3.98. The average Bonchev–Trinajstić information content (AvgIpc) is 2.78. The van der Waals surface area contributed by atoms with Crippen LogP contribution in [0.15, 0.2) is 11.4 Å². The van der Waals surface area contributed by atoms with Crippen LogP contribution in [0.1, 0.15) is 24.3 Å². The zero-order chi connectivity index (χ0) is 14.4. The molecule has 5 nitrogen and oxygen atoms in total. The number of hydrogen-bond donors (Lipinski definition) is 2. The maximum Gasteiger partial charge on any atom is 0.317 e. The topological polar surface area (TPSA) is 69.6 Å². The minimum absolute atomic E-state index is 0.219. The summed E-state index contributed by atoms with van der Waals surface area (Å²) in [6.07, 6.45) is 0. The zero-order valence-electron chi connectivity index (χ0n) is 11.5. The zero-order valence-corrected chi connectivity index (χ0v) is 12.3. The molecule has 1 aromatic heterocycles. The van der Waals surface area contributed by atoms with Gasteiger partial charge in [0, 0.05) is 18.0 Å². The largest absolute Gasteiger partial charge is 0.481 e. The van der Waals surface area contributed by atoms with E-state index in [0.29, 0.717) is 13.1 Å². The van der Waals surface area contributed by atoms with Gasteiger partial charge in [-0.15, -0.1) is 11.3 Å². The predicted molar refractivity (Wildman–Crippen MR) is 75.3 cm³/mol. The third kappa shape index (κ3) is 4.55. The molecule has 1 heterocycles. The van der Waals surface area contributed by atoms with Gasteiger partial charge in [-0.3, -0.25) is 4.79 Å². The molecule has 0 fully saturated rings. The SMILES string of the molecule is CCN(CC(C)C(=O)O)C(=O)NCc1sccc1C. The molecule has 1 rings (SSSR count). The highest BCUT2D eigenvalue weighted by molar-refractivity contribution is 7.10. The molecule has 2 amide bonds. The quantitative estimate of drug-likeness (QED) is 0.842. The summed E-state index contributed by atoms with van der Waals surface area (Å²) in [7, 11) is 0. The molecule has 0 radical (unpaired) electrons. The number of aryl methyl sites for hydroxylation is 1. The number of carboxylic acid groups (broad SMARTS) is 1. The third-order valence-electron chi connectivity index (χ3n) is 2.95. The van der Waals surface area contributed by atoms with Gasteiger partial charge in [0.25, 0.3) is 0 Å². The van der Waals surface area contributed by atoms with E-state index < -0.39 is 11.9 Å². The van der Waals surface area contributed by atoms with E-state index >= 15 is 0 Å². The summed E-state index contributed by atoms with van der Waals surface area (Å²) in [5.41, 5.74) is 1.16. The van der Waals surface area contributed by atoms with Crippen LogP contribution in [0.25, 0.3) is 0 Å². The molecule has 0 spiro atoms. The minimum atomic E-state index is -0.889.